The zero-order chi connectivity index (χ0) is 29.1. The highest BCUT2D eigenvalue weighted by molar-refractivity contribution is 7.93. The molecule has 3 aromatic carbocycles. The van der Waals surface area contributed by atoms with E-state index in [4.69, 9.17) is 18.7 Å². The van der Waals surface area contributed by atoms with E-state index in [0.29, 0.717) is 29.8 Å². The minimum atomic E-state index is -4.19. The Morgan fingerprint density at radius 1 is 0.976 bits per heavy atom. The molecule has 1 fully saturated rings. The summed E-state index contributed by atoms with van der Waals surface area (Å²) < 4.78 is 51.3. The predicted octanol–water partition coefficient (Wildman–Crippen LogP) is 3.95. The summed E-state index contributed by atoms with van der Waals surface area (Å²) in [4.78, 5) is 4.07. The van der Waals surface area contributed by atoms with Crippen molar-refractivity contribution in [3.63, 3.8) is 0 Å². The smallest absolute Gasteiger partial charge is 0.270 e. The summed E-state index contributed by atoms with van der Waals surface area (Å²) in [5, 5.41) is 14.5. The minimum absolute atomic E-state index is 0.0263. The van der Waals surface area contributed by atoms with Crippen LogP contribution >= 0.6 is 0 Å². The maximum Gasteiger partial charge on any atom is 0.270 e. The van der Waals surface area contributed by atoms with Gasteiger partial charge >= 0.3 is 0 Å². The zero-order valence-corrected chi connectivity index (χ0v) is 23.8. The zero-order valence-electron chi connectivity index (χ0n) is 23.0. The van der Waals surface area contributed by atoms with Crippen LogP contribution in [0.15, 0.2) is 76.7 Å². The van der Waals surface area contributed by atoms with Crippen molar-refractivity contribution in [2.24, 2.45) is 0 Å². The summed E-state index contributed by atoms with van der Waals surface area (Å²) in [6.07, 6.45) is 0.866. The van der Waals surface area contributed by atoms with E-state index in [2.05, 4.69) is 21.4 Å². The molecule has 2 N–H and O–H groups in total. The Bertz CT molecular complexity index is 1640. The van der Waals surface area contributed by atoms with Crippen LogP contribution in [0, 0.1) is 0 Å². The van der Waals surface area contributed by atoms with Gasteiger partial charge in [0.15, 0.2) is 16.3 Å². The van der Waals surface area contributed by atoms with E-state index in [9.17, 15) is 13.5 Å². The molecule has 0 bridgehead atoms. The van der Waals surface area contributed by atoms with Crippen LogP contribution in [0.1, 0.15) is 0 Å². The fourth-order valence-corrected chi connectivity index (χ4v) is 6.38. The van der Waals surface area contributed by atoms with Gasteiger partial charge in [0.25, 0.3) is 10.0 Å². The number of anilines is 2. The quantitative estimate of drug-likeness (QED) is 0.266. The summed E-state index contributed by atoms with van der Waals surface area (Å²) in [5.41, 5.74) is 3.13. The number of ether oxygens (including phenoxy) is 3. The number of para-hydroxylation sites is 1. The topological polar surface area (TPSA) is 127 Å². The van der Waals surface area contributed by atoms with Gasteiger partial charge in [0.05, 0.1) is 21.3 Å². The Labute approximate surface area is 238 Å². The van der Waals surface area contributed by atoms with Crippen LogP contribution in [0.3, 0.4) is 0 Å². The molecule has 1 aliphatic heterocycles. The van der Waals surface area contributed by atoms with Crippen LogP contribution < -0.4 is 23.8 Å². The number of fused-ring (bicyclic) bond motifs is 1. The second-order valence-electron chi connectivity index (χ2n) is 9.37. The number of nitrogens with one attached hydrogen (secondary N) is 1. The molecule has 216 valence electrons. The number of aliphatic hydroxyl groups excluding tert-OH is 1. The van der Waals surface area contributed by atoms with E-state index in [1.54, 1.807) is 6.07 Å². The third kappa shape index (κ3) is 5.41. The maximum atomic E-state index is 13.5. The number of aliphatic hydroxyl groups is 1. The Morgan fingerprint density at radius 2 is 1.63 bits per heavy atom. The lowest BCUT2D eigenvalue weighted by atomic mass is 10.0. The highest BCUT2D eigenvalue weighted by Gasteiger charge is 2.29. The third-order valence-corrected chi connectivity index (χ3v) is 8.50. The van der Waals surface area contributed by atoms with Gasteiger partial charge in [-0.25, -0.2) is 8.42 Å². The van der Waals surface area contributed by atoms with Crippen LogP contribution in [-0.2, 0) is 10.0 Å². The highest BCUT2D eigenvalue weighted by atomic mass is 32.2. The molecule has 0 aliphatic carbocycles. The number of aromatic nitrogens is 1. The van der Waals surface area contributed by atoms with E-state index in [1.165, 1.54) is 39.5 Å². The summed E-state index contributed by atoms with van der Waals surface area (Å²) in [6.45, 7) is 6.50. The molecule has 12 heteroatoms. The molecule has 1 atom stereocenters. The van der Waals surface area contributed by atoms with Gasteiger partial charge < -0.3 is 28.7 Å². The first kappa shape index (κ1) is 28.3. The summed E-state index contributed by atoms with van der Waals surface area (Å²) in [5.74, 6) is 0.601. The van der Waals surface area contributed by atoms with Crippen molar-refractivity contribution in [1.29, 1.82) is 0 Å². The van der Waals surface area contributed by atoms with E-state index in [-0.39, 0.29) is 22.2 Å². The first-order valence-corrected chi connectivity index (χ1v) is 14.4. The van der Waals surface area contributed by atoms with Crippen molar-refractivity contribution in [2.75, 3.05) is 57.1 Å². The van der Waals surface area contributed by atoms with Gasteiger partial charge in [-0.05, 0) is 42.0 Å². The van der Waals surface area contributed by atoms with Gasteiger partial charge in [0.2, 0.25) is 0 Å². The number of hydrogen-bond acceptors (Lipinski definition) is 10. The van der Waals surface area contributed by atoms with Gasteiger partial charge in [-0.2, -0.15) is 0 Å². The number of hydrogen-bond donors (Lipinski definition) is 2. The van der Waals surface area contributed by atoms with Gasteiger partial charge in [-0.1, -0.05) is 36.0 Å². The lowest BCUT2D eigenvalue weighted by molar-refractivity contribution is 0.0380. The van der Waals surface area contributed by atoms with Crippen LogP contribution in [-0.4, -0.2) is 77.3 Å². The minimum Gasteiger partial charge on any atom is -0.496 e. The molecule has 41 heavy (non-hydrogen) atoms. The number of rotatable bonds is 10. The molecule has 0 amide bonds. The molecule has 0 spiro atoms. The lowest BCUT2D eigenvalue weighted by Gasteiger charge is -2.38. The predicted molar refractivity (Wildman–Crippen MR) is 156 cm³/mol. The average Bonchev–Trinajstić information content (AvgIpc) is 3.41. The third-order valence-electron chi connectivity index (χ3n) is 7.10. The Hall–Kier alpha value is -4.26. The molecule has 0 radical (unpaired) electrons. The Kier molecular flexibility index (Phi) is 8.06. The molecule has 1 aromatic heterocycles. The Balaban J connectivity index is 1.50. The van der Waals surface area contributed by atoms with Gasteiger partial charge in [-0.15, -0.1) is 0 Å². The largest absolute Gasteiger partial charge is 0.496 e. The van der Waals surface area contributed by atoms with Gasteiger partial charge in [0.1, 0.15) is 28.9 Å². The molecule has 2 heterocycles. The summed E-state index contributed by atoms with van der Waals surface area (Å²) in [7, 11) is 0.0714. The molecule has 4 aromatic rings. The first-order chi connectivity index (χ1) is 19.8. The van der Waals surface area contributed by atoms with Crippen LogP contribution in [0.2, 0.25) is 0 Å². The van der Waals surface area contributed by atoms with Crippen molar-refractivity contribution >= 4 is 32.5 Å². The molecule has 0 saturated carbocycles. The second-order valence-corrected chi connectivity index (χ2v) is 11.0. The average molecular weight is 581 g/mol. The van der Waals surface area contributed by atoms with E-state index in [1.807, 2.05) is 41.3 Å². The molecule has 5 rings (SSSR count). The van der Waals surface area contributed by atoms with Crippen LogP contribution in [0.4, 0.5) is 11.5 Å². The van der Waals surface area contributed by atoms with E-state index >= 15 is 0 Å². The van der Waals surface area contributed by atoms with Crippen molar-refractivity contribution in [1.82, 2.24) is 10.1 Å². The SMILES string of the molecule is C=CC(O)N1CCN(c2ccccc2-c2cc(OC)c3c(NS(=O)(=O)c4c(OC)cccc4OC)noc3c2)CC1. The summed E-state index contributed by atoms with van der Waals surface area (Å²) >= 11 is 0. The number of benzene rings is 3. The number of nitrogens with zero attached hydrogens (tertiary/aromatic N) is 3. The number of piperazine rings is 1. The Morgan fingerprint density at radius 3 is 2.27 bits per heavy atom. The molecule has 1 saturated heterocycles. The number of methoxy groups -OCH3 is 3. The molecule has 11 nitrogen and oxygen atoms in total. The standard InChI is InChI=1S/C29H32N4O7S/c1-5-26(34)33-15-13-32(14-16-33)21-10-7-6-9-20(21)19-17-24(39-4)27-25(18-19)40-30-29(27)31-41(35,36)28-22(37-2)11-8-12-23(28)38-3/h5-12,17-18,26,34H,1,13-16H2,2-4H3,(H,30,31). The fourth-order valence-electron chi connectivity index (χ4n) is 5.05. The highest BCUT2D eigenvalue weighted by Crippen LogP contribution is 2.41. The first-order valence-electron chi connectivity index (χ1n) is 12.9. The summed E-state index contributed by atoms with van der Waals surface area (Å²) in [6, 6.07) is 16.3. The van der Waals surface area contributed by atoms with Gasteiger partial charge in [-0.3, -0.25) is 9.62 Å². The molecular formula is C29H32N4O7S. The van der Waals surface area contributed by atoms with Crippen molar-refractivity contribution in [2.45, 2.75) is 11.1 Å². The molecule has 1 unspecified atom stereocenters. The van der Waals surface area contributed by atoms with E-state index < -0.39 is 16.3 Å². The molecule has 1 aliphatic rings. The monoisotopic (exact) mass is 580 g/mol. The second kappa shape index (κ2) is 11.7. The van der Waals surface area contributed by atoms with Crippen molar-refractivity contribution in [3.8, 4) is 28.4 Å². The van der Waals surface area contributed by atoms with Gasteiger partial charge in [0, 0.05) is 37.4 Å². The normalized spacial score (nSPS) is 15.0. The maximum absolute atomic E-state index is 13.5. The number of sulfonamides is 1. The van der Waals surface area contributed by atoms with Crippen molar-refractivity contribution < 1.29 is 32.3 Å². The lowest BCUT2D eigenvalue weighted by Crippen LogP contribution is -2.50. The van der Waals surface area contributed by atoms with Crippen LogP contribution in [0.5, 0.6) is 17.2 Å². The fraction of sp³-hybridized carbons (Fsp3) is 0.276. The van der Waals surface area contributed by atoms with E-state index in [0.717, 1.165) is 29.9 Å². The van der Waals surface area contributed by atoms with Crippen LogP contribution in [0.25, 0.3) is 22.1 Å². The molecular weight excluding hydrogens is 548 g/mol. The van der Waals surface area contributed by atoms with Crippen molar-refractivity contribution in [3.05, 3.63) is 67.3 Å².